The van der Waals surface area contributed by atoms with Crippen molar-refractivity contribution in [3.05, 3.63) is 74.5 Å². The van der Waals surface area contributed by atoms with Crippen LogP contribution >= 0.6 is 0 Å². The maximum Gasteiger partial charge on any atom is -0.0623 e. The molecule has 0 atom stereocenters. The third-order valence-corrected chi connectivity index (χ3v) is 4.77. The van der Waals surface area contributed by atoms with Gasteiger partial charge in [0.25, 0.3) is 0 Å². The van der Waals surface area contributed by atoms with Crippen LogP contribution < -0.4 is 17.5 Å². The summed E-state index contributed by atoms with van der Waals surface area (Å²) < 4.78 is 3.36. The van der Waals surface area contributed by atoms with Gasteiger partial charge in [-0.1, -0.05) is 30.3 Å². The molecule has 19 heavy (non-hydrogen) atoms. The molecule has 3 rings (SSSR count). The Hall–Kier alpha value is -1.02. The molecule has 1 aromatic rings. The molecular weight excluding hydrogens is 291 g/mol. The topological polar surface area (TPSA) is 23.1 Å². The van der Waals surface area contributed by atoms with Gasteiger partial charge in [0, 0.05) is 0 Å². The van der Waals surface area contributed by atoms with Crippen molar-refractivity contribution in [3.63, 3.8) is 0 Å². The summed E-state index contributed by atoms with van der Waals surface area (Å²) in [6.45, 7) is 0. The second kappa shape index (κ2) is 8.98. The number of halogens is 1. The van der Waals surface area contributed by atoms with Crippen LogP contribution in [0, 0.1) is 0 Å². The number of hydrogen-bond donors (Lipinski definition) is 0. The van der Waals surface area contributed by atoms with Crippen LogP contribution in [0.1, 0.15) is 12.8 Å². The van der Waals surface area contributed by atoms with Crippen LogP contribution in [-0.4, -0.2) is 0 Å². The van der Waals surface area contributed by atoms with E-state index in [1.54, 1.807) is 19.9 Å². The maximum atomic E-state index is 10.3. The minimum atomic E-state index is 0. The first-order valence-corrected chi connectivity index (χ1v) is 7.61. The van der Waals surface area contributed by atoms with Gasteiger partial charge in [0.1, 0.15) is 0 Å². The molecule has 0 amide bonds. The Morgan fingerprint density at radius 2 is 1.37 bits per heavy atom. The van der Waals surface area contributed by atoms with Crippen LogP contribution in [0.25, 0.3) is 0 Å². The predicted molar refractivity (Wildman–Crippen MR) is 69.6 cm³/mol. The van der Waals surface area contributed by atoms with Crippen molar-refractivity contribution in [2.75, 3.05) is 0 Å². The molecule has 0 saturated carbocycles. The van der Waals surface area contributed by atoms with E-state index >= 15 is 0 Å². The van der Waals surface area contributed by atoms with Gasteiger partial charge in [0.2, 0.25) is 0 Å². The number of benzene rings is 1. The third kappa shape index (κ3) is 6.11. The van der Waals surface area contributed by atoms with Crippen molar-refractivity contribution in [3.8, 4) is 5.75 Å². The first-order valence-electron chi connectivity index (χ1n) is 6.05. The molecule has 0 aliphatic heterocycles. The number of rotatable bonds is 2. The molecule has 0 saturated heterocycles. The zero-order valence-corrected chi connectivity index (χ0v) is 12.9. The fourth-order valence-electron chi connectivity index (χ4n) is 1.71. The Morgan fingerprint density at radius 3 is 1.68 bits per heavy atom. The molecule has 0 heterocycles. The molecule has 1 nitrogen and oxygen atoms in total. The largest absolute Gasteiger partial charge is 1.00 e. The standard InChI is InChI=1S/C6H6O.2C5H5.ClH.Ti/c7-6-4-2-1-3-5-6;2*1-2-4-5-3-1;;/h1-5,7H;2*1-3H,4H2;1H;/q;;;;+2/p-2. The van der Waals surface area contributed by atoms with Gasteiger partial charge >= 0.3 is 76.2 Å². The molecule has 2 aliphatic rings. The summed E-state index contributed by atoms with van der Waals surface area (Å²) in [5.41, 5.74) is 0. The molecule has 3 heteroatoms. The Labute approximate surface area is 129 Å². The molecule has 1 aromatic carbocycles. The van der Waals surface area contributed by atoms with E-state index in [4.69, 9.17) is 0 Å². The zero-order valence-electron chi connectivity index (χ0n) is 10.6. The number of para-hydroxylation sites is 1. The van der Waals surface area contributed by atoms with Gasteiger partial charge in [0.15, 0.2) is 0 Å². The molecule has 0 radical (unpaired) electrons. The van der Waals surface area contributed by atoms with E-state index in [0.29, 0.717) is 0 Å². The molecule has 0 bridgehead atoms. The van der Waals surface area contributed by atoms with E-state index in [0.717, 1.165) is 0 Å². The molecule has 0 spiro atoms. The first-order chi connectivity index (χ1) is 8.84. The van der Waals surface area contributed by atoms with E-state index in [9.17, 15) is 5.11 Å². The Balaban J connectivity index is 0.000000198. The summed E-state index contributed by atoms with van der Waals surface area (Å²) in [7, 11) is 0. The van der Waals surface area contributed by atoms with Crippen molar-refractivity contribution >= 4 is 0 Å². The van der Waals surface area contributed by atoms with E-state index in [1.807, 2.05) is 6.07 Å². The van der Waals surface area contributed by atoms with E-state index < -0.39 is 0 Å². The van der Waals surface area contributed by atoms with Crippen LogP contribution in [0.15, 0.2) is 74.5 Å². The number of allylic oxidation sites excluding steroid dienone is 8. The Kier molecular flexibility index (Phi) is 7.58. The summed E-state index contributed by atoms with van der Waals surface area (Å²) in [5.74, 6) is 0.0718. The molecular formula is C16H15ClOTi. The van der Waals surface area contributed by atoms with Crippen LogP contribution in [-0.2, 0) is 19.2 Å². The zero-order chi connectivity index (χ0) is 12.6. The fourth-order valence-corrected chi connectivity index (χ4v) is 3.60. The second-order valence-electron chi connectivity index (χ2n) is 4.09. The van der Waals surface area contributed by atoms with Crippen LogP contribution in [0.2, 0.25) is 0 Å². The van der Waals surface area contributed by atoms with E-state index in [-0.39, 0.29) is 37.3 Å². The van der Waals surface area contributed by atoms with E-state index in [2.05, 4.69) is 36.5 Å². The van der Waals surface area contributed by atoms with Gasteiger partial charge in [-0.15, -0.1) is 5.75 Å². The second-order valence-corrected chi connectivity index (χ2v) is 6.48. The Morgan fingerprint density at radius 1 is 0.842 bits per heavy atom. The average molecular weight is 307 g/mol. The van der Waals surface area contributed by atoms with Gasteiger partial charge in [-0.3, -0.25) is 0 Å². The molecule has 2 aliphatic carbocycles. The van der Waals surface area contributed by atoms with Gasteiger partial charge in [-0.2, -0.15) is 0 Å². The summed E-state index contributed by atoms with van der Waals surface area (Å²) in [4.78, 5) is 0. The minimum Gasteiger partial charge on any atom is -1.00 e. The van der Waals surface area contributed by atoms with Crippen molar-refractivity contribution in [2.24, 2.45) is 0 Å². The Bertz CT molecular complexity index is 473. The van der Waals surface area contributed by atoms with Gasteiger partial charge < -0.3 is 17.5 Å². The average Bonchev–Trinajstić information content (AvgIpc) is 3.05. The molecule has 0 N–H and O–H groups in total. The summed E-state index contributed by atoms with van der Waals surface area (Å²) >= 11 is 0.0833. The monoisotopic (exact) mass is 306 g/mol. The van der Waals surface area contributed by atoms with E-state index in [1.165, 1.54) is 25.0 Å². The molecule has 0 fully saturated rings. The fraction of sp³-hybridized carbons (Fsp3) is 0.125. The van der Waals surface area contributed by atoms with Crippen molar-refractivity contribution in [1.29, 1.82) is 0 Å². The summed E-state index contributed by atoms with van der Waals surface area (Å²) in [6, 6.07) is 8.33. The number of hydrogen-bond acceptors (Lipinski definition) is 1. The SMILES string of the molecule is C1=CC[C]([Ti+2][C]2=CC=CC2)=C1.[Cl-].[O-]c1ccccc1. The van der Waals surface area contributed by atoms with Crippen LogP contribution in [0.4, 0.5) is 0 Å². The van der Waals surface area contributed by atoms with Gasteiger partial charge in [-0.05, 0) is 0 Å². The molecule has 0 aromatic heterocycles. The third-order valence-electron chi connectivity index (χ3n) is 2.61. The minimum absolute atomic E-state index is 0. The van der Waals surface area contributed by atoms with Crippen molar-refractivity contribution < 1.29 is 36.7 Å². The van der Waals surface area contributed by atoms with Crippen molar-refractivity contribution in [1.82, 2.24) is 0 Å². The first kappa shape index (κ1) is 16.0. The summed E-state index contributed by atoms with van der Waals surface area (Å²) in [6.07, 6.45) is 15.9. The maximum absolute atomic E-state index is 10.3. The smallest absolute Gasteiger partial charge is 0.0623 e. The normalized spacial score (nSPS) is 14.7. The molecule has 96 valence electrons. The van der Waals surface area contributed by atoms with Gasteiger partial charge in [-0.25, -0.2) is 0 Å². The quantitative estimate of drug-likeness (QED) is 0.731. The van der Waals surface area contributed by atoms with Crippen molar-refractivity contribution in [2.45, 2.75) is 12.8 Å². The predicted octanol–water partition coefficient (Wildman–Crippen LogP) is 0.521. The van der Waals surface area contributed by atoms with Crippen LogP contribution in [0.5, 0.6) is 5.75 Å². The molecule has 0 unspecified atom stereocenters. The van der Waals surface area contributed by atoms with Gasteiger partial charge in [0.05, 0.1) is 0 Å². The summed E-state index contributed by atoms with van der Waals surface area (Å²) in [5, 5.41) is 10.3. The van der Waals surface area contributed by atoms with Crippen LogP contribution in [0.3, 0.4) is 0 Å².